The average molecular weight is 369 g/mol. The molecule has 0 radical (unpaired) electrons. The van der Waals surface area contributed by atoms with E-state index in [1.54, 1.807) is 6.92 Å². The average Bonchev–Trinajstić information content (AvgIpc) is 3.01. The van der Waals surface area contributed by atoms with Gasteiger partial charge >= 0.3 is 5.97 Å². The Balaban J connectivity index is 1.94. The van der Waals surface area contributed by atoms with Gasteiger partial charge in [-0.1, -0.05) is 18.2 Å². The van der Waals surface area contributed by atoms with E-state index in [2.05, 4.69) is 10.3 Å². The number of H-pyrrole nitrogens is 1. The van der Waals surface area contributed by atoms with Crippen molar-refractivity contribution in [2.24, 2.45) is 0 Å². The molecule has 27 heavy (non-hydrogen) atoms. The van der Waals surface area contributed by atoms with Crippen molar-refractivity contribution in [3.05, 3.63) is 64.0 Å². The monoisotopic (exact) mass is 369 g/mol. The number of carboxylic acid groups (broad SMARTS) is 1. The van der Waals surface area contributed by atoms with Crippen molar-refractivity contribution in [1.82, 2.24) is 10.3 Å². The second-order valence-corrected chi connectivity index (χ2v) is 6.79. The highest BCUT2D eigenvalue weighted by Crippen LogP contribution is 2.39. The van der Waals surface area contributed by atoms with Crippen LogP contribution in [0.5, 0.6) is 5.75 Å². The van der Waals surface area contributed by atoms with E-state index in [1.807, 2.05) is 24.3 Å². The Hall–Kier alpha value is -2.91. The van der Waals surface area contributed by atoms with Crippen LogP contribution in [-0.4, -0.2) is 32.4 Å². The lowest BCUT2D eigenvalue weighted by Gasteiger charge is -2.30. The Kier molecular flexibility index (Phi) is 4.12. The third-order valence-corrected chi connectivity index (χ3v) is 5.10. The van der Waals surface area contributed by atoms with E-state index in [1.165, 1.54) is 12.1 Å². The van der Waals surface area contributed by atoms with Gasteiger partial charge in [-0.3, -0.25) is 10.1 Å². The minimum absolute atomic E-state index is 0.0391. The Labute approximate surface area is 154 Å². The third kappa shape index (κ3) is 2.84. The number of aryl methyl sites for hydroxylation is 1. The second kappa shape index (κ2) is 6.36. The molecule has 3 unspecified atom stereocenters. The molecule has 0 spiro atoms. The summed E-state index contributed by atoms with van der Waals surface area (Å²) < 4.78 is 0. The van der Waals surface area contributed by atoms with E-state index >= 15 is 0 Å². The van der Waals surface area contributed by atoms with Crippen molar-refractivity contribution < 1.29 is 25.4 Å². The predicted molar refractivity (Wildman–Crippen MR) is 97.0 cm³/mol. The number of carboxylic acids is 1. The van der Waals surface area contributed by atoms with Crippen LogP contribution in [0.4, 0.5) is 5.69 Å². The molecule has 1 aliphatic rings. The molecule has 8 heteroatoms. The summed E-state index contributed by atoms with van der Waals surface area (Å²) in [6.07, 6.45) is 0.295. The van der Waals surface area contributed by atoms with E-state index in [-0.39, 0.29) is 11.4 Å². The van der Waals surface area contributed by atoms with Gasteiger partial charge in [0.15, 0.2) is 5.69 Å². The second-order valence-electron chi connectivity index (χ2n) is 6.79. The normalized spacial score (nSPS) is 20.4. The smallest absolute Gasteiger partial charge is 0.321 e. The molecule has 6 N–H and O–H groups in total. The fraction of sp³-hybridized carbons (Fsp3) is 0.211. The van der Waals surface area contributed by atoms with Crippen LogP contribution in [0.15, 0.2) is 36.4 Å². The molecule has 0 amide bonds. The zero-order valence-corrected chi connectivity index (χ0v) is 14.5. The first-order chi connectivity index (χ1) is 12.9. The molecular formula is C19H19N3O5. The molecule has 0 saturated carbocycles. The van der Waals surface area contributed by atoms with Crippen LogP contribution in [0, 0.1) is 12.1 Å². The number of hydrogen-bond donors (Lipinski definition) is 6. The van der Waals surface area contributed by atoms with E-state index in [9.17, 15) is 25.4 Å². The van der Waals surface area contributed by atoms with Gasteiger partial charge in [-0.05, 0) is 24.1 Å². The zero-order valence-electron chi connectivity index (χ0n) is 14.5. The summed E-state index contributed by atoms with van der Waals surface area (Å²) in [5.41, 5.74) is 3.27. The number of rotatable bonds is 3. The fourth-order valence-corrected chi connectivity index (χ4v) is 3.79. The van der Waals surface area contributed by atoms with Gasteiger partial charge in [0.2, 0.25) is 0 Å². The molecule has 140 valence electrons. The number of aromatic amines is 1. The highest BCUT2D eigenvalue weighted by molar-refractivity contribution is 5.87. The lowest BCUT2D eigenvalue weighted by molar-refractivity contribution is -0.991. The predicted octanol–water partition coefficient (Wildman–Crippen LogP) is 1.27. The highest BCUT2D eigenvalue weighted by Gasteiger charge is 2.35. The summed E-state index contributed by atoms with van der Waals surface area (Å²) in [5, 5.41) is 43.8. The summed E-state index contributed by atoms with van der Waals surface area (Å²) in [5.74, 6) is -1.05. The number of nitrogens with one attached hydrogen (secondary N) is 3. The van der Waals surface area contributed by atoms with Gasteiger partial charge in [0.25, 0.3) is 0 Å². The Morgan fingerprint density at radius 1 is 1.30 bits per heavy atom. The van der Waals surface area contributed by atoms with Crippen molar-refractivity contribution in [2.75, 3.05) is 0 Å². The molecule has 2 aromatic carbocycles. The van der Waals surface area contributed by atoms with Gasteiger partial charge in [0.1, 0.15) is 11.8 Å². The lowest BCUT2D eigenvalue weighted by atomic mass is 9.89. The number of aromatic hydroxyl groups is 1. The number of aromatic nitrogens is 1. The summed E-state index contributed by atoms with van der Waals surface area (Å²) in [6, 6.07) is 8.86. The number of fused-ring (bicyclic) bond motifs is 3. The SMILES string of the molecule is Cc1cc([NH+]([O-])O)cc(C2NC(C(=O)O)Cc3c2[nH]c2ccccc32)c1O. The molecule has 3 aromatic rings. The Morgan fingerprint density at radius 3 is 2.74 bits per heavy atom. The Bertz CT molecular complexity index is 1040. The van der Waals surface area contributed by atoms with Crippen LogP contribution >= 0.6 is 0 Å². The maximum absolute atomic E-state index is 11.7. The first kappa shape index (κ1) is 17.5. The van der Waals surface area contributed by atoms with Gasteiger partial charge in [-0.25, -0.2) is 5.21 Å². The van der Waals surface area contributed by atoms with Crippen molar-refractivity contribution in [2.45, 2.75) is 25.4 Å². The van der Waals surface area contributed by atoms with Gasteiger partial charge in [0, 0.05) is 40.7 Å². The highest BCUT2D eigenvalue weighted by atomic mass is 16.8. The van der Waals surface area contributed by atoms with Crippen molar-refractivity contribution in [1.29, 1.82) is 0 Å². The van der Waals surface area contributed by atoms with Crippen LogP contribution in [0.2, 0.25) is 0 Å². The van der Waals surface area contributed by atoms with Crippen LogP contribution in [-0.2, 0) is 11.2 Å². The van der Waals surface area contributed by atoms with Crippen LogP contribution in [0.3, 0.4) is 0 Å². The molecule has 4 rings (SSSR count). The van der Waals surface area contributed by atoms with Crippen LogP contribution in [0.25, 0.3) is 10.9 Å². The number of para-hydroxylation sites is 1. The fourth-order valence-electron chi connectivity index (χ4n) is 3.79. The maximum Gasteiger partial charge on any atom is 0.321 e. The van der Waals surface area contributed by atoms with Crippen molar-refractivity contribution >= 4 is 22.6 Å². The molecule has 1 aliphatic heterocycles. The molecule has 0 saturated heterocycles. The topological polar surface area (TPSA) is 133 Å². The molecule has 0 fully saturated rings. The quantitative estimate of drug-likeness (QED) is 0.304. The standard InChI is InChI=1S/C19H19N3O5/c1-9-6-10(22(26)27)7-13(18(9)23)17-16-12(8-15(21-17)19(24)25)11-4-2-3-5-14(11)20-16/h2-7,15,17,20-23,26H,8H2,1H3,(H,24,25). The summed E-state index contributed by atoms with van der Waals surface area (Å²) in [6.45, 7) is 1.62. The molecule has 8 nitrogen and oxygen atoms in total. The Morgan fingerprint density at radius 2 is 2.04 bits per heavy atom. The zero-order chi connectivity index (χ0) is 19.3. The summed E-state index contributed by atoms with van der Waals surface area (Å²) >= 11 is 0. The van der Waals surface area contributed by atoms with E-state index in [4.69, 9.17) is 0 Å². The molecule has 0 bridgehead atoms. The number of carbonyl (C=O) groups is 1. The minimum Gasteiger partial charge on any atom is -0.595 e. The molecule has 3 atom stereocenters. The lowest BCUT2D eigenvalue weighted by Crippen LogP contribution is -2.99. The first-order valence-corrected chi connectivity index (χ1v) is 8.52. The maximum atomic E-state index is 11.7. The van der Waals surface area contributed by atoms with Crippen molar-refractivity contribution in [3.8, 4) is 5.75 Å². The summed E-state index contributed by atoms with van der Waals surface area (Å²) in [4.78, 5) is 15.0. The number of aliphatic carboxylic acids is 1. The minimum atomic E-state index is -1.11. The number of quaternary nitrogens is 1. The van der Waals surface area contributed by atoms with Crippen LogP contribution in [0.1, 0.15) is 28.4 Å². The number of hydrogen-bond acceptors (Lipinski definition) is 5. The van der Waals surface area contributed by atoms with Gasteiger partial charge in [-0.15, -0.1) is 0 Å². The van der Waals surface area contributed by atoms with E-state index in [0.717, 1.165) is 22.2 Å². The van der Waals surface area contributed by atoms with E-state index < -0.39 is 23.3 Å². The largest absolute Gasteiger partial charge is 0.595 e. The number of benzene rings is 2. The number of phenolic OH excluding ortho intramolecular Hbond substituents is 1. The third-order valence-electron chi connectivity index (χ3n) is 5.10. The molecule has 0 aliphatic carbocycles. The molecule has 2 heterocycles. The van der Waals surface area contributed by atoms with Gasteiger partial charge in [0.05, 0.1) is 6.04 Å². The molecular weight excluding hydrogens is 350 g/mol. The van der Waals surface area contributed by atoms with Crippen molar-refractivity contribution in [3.63, 3.8) is 0 Å². The molecule has 1 aromatic heterocycles. The summed E-state index contributed by atoms with van der Waals surface area (Å²) in [7, 11) is 0. The first-order valence-electron chi connectivity index (χ1n) is 8.52. The number of phenols is 1. The van der Waals surface area contributed by atoms with Crippen LogP contribution < -0.4 is 10.5 Å². The van der Waals surface area contributed by atoms with Gasteiger partial charge < -0.3 is 20.4 Å². The van der Waals surface area contributed by atoms with Gasteiger partial charge in [-0.2, -0.15) is 5.23 Å². The van der Waals surface area contributed by atoms with E-state index in [0.29, 0.717) is 17.5 Å².